The van der Waals surface area contributed by atoms with E-state index in [1.165, 1.54) is 43.5 Å². The maximum atomic E-state index is 12.6. The van der Waals surface area contributed by atoms with E-state index in [0.717, 1.165) is 12.4 Å². The number of methoxy groups -OCH3 is 1. The third-order valence-corrected chi connectivity index (χ3v) is 7.71. The molecule has 164 valence electrons. The number of ether oxygens (including phenoxy) is 1. The number of benzene rings is 2. The lowest BCUT2D eigenvalue weighted by atomic mass is 10.3. The molecule has 0 fully saturated rings. The van der Waals surface area contributed by atoms with Crippen LogP contribution in [-0.2, 0) is 20.0 Å². The van der Waals surface area contributed by atoms with E-state index in [2.05, 4.69) is 19.4 Å². The van der Waals surface area contributed by atoms with Gasteiger partial charge in [-0.1, -0.05) is 34.8 Å². The highest BCUT2D eigenvalue weighted by Gasteiger charge is 2.21. The first kappa shape index (κ1) is 23.4. The van der Waals surface area contributed by atoms with Gasteiger partial charge in [-0.15, -0.1) is 0 Å². The van der Waals surface area contributed by atoms with Crippen LogP contribution in [0.4, 0.5) is 11.5 Å². The van der Waals surface area contributed by atoms with Gasteiger partial charge >= 0.3 is 0 Å². The average Bonchev–Trinajstić information content (AvgIpc) is 2.70. The number of nitrogens with zero attached hydrogens (tertiary/aromatic N) is 2. The van der Waals surface area contributed by atoms with E-state index in [9.17, 15) is 16.8 Å². The predicted octanol–water partition coefficient (Wildman–Crippen LogP) is 4.05. The molecule has 0 radical (unpaired) electrons. The monoisotopic (exact) mass is 522 g/mol. The van der Waals surface area contributed by atoms with Gasteiger partial charge in [-0.25, -0.2) is 26.8 Å². The zero-order valence-electron chi connectivity index (χ0n) is 15.5. The fourth-order valence-electron chi connectivity index (χ4n) is 2.33. The summed E-state index contributed by atoms with van der Waals surface area (Å²) in [6.45, 7) is 0. The summed E-state index contributed by atoms with van der Waals surface area (Å²) < 4.78 is 59.8. The molecule has 1 aromatic heterocycles. The standard InChI is InChI=1S/C17H13Cl3N4O5S2/c1-29-17-8-16(21-9-22-17)24-30(25,26)11-4-2-10(3-5-11)23-31(27,28)15-7-13(19)12(18)6-14(15)20/h2-9,23H,1H3,(H,21,22,24). The maximum Gasteiger partial charge on any atom is 0.263 e. The second-order valence-electron chi connectivity index (χ2n) is 5.88. The number of aromatic nitrogens is 2. The summed E-state index contributed by atoms with van der Waals surface area (Å²) >= 11 is 17.7. The van der Waals surface area contributed by atoms with Crippen molar-refractivity contribution in [3.8, 4) is 5.88 Å². The zero-order valence-corrected chi connectivity index (χ0v) is 19.4. The van der Waals surface area contributed by atoms with Crippen LogP contribution in [0.15, 0.2) is 58.6 Å². The molecule has 0 saturated carbocycles. The van der Waals surface area contributed by atoms with Crippen molar-refractivity contribution in [2.45, 2.75) is 9.79 Å². The molecule has 0 saturated heterocycles. The summed E-state index contributed by atoms with van der Waals surface area (Å²) in [4.78, 5) is 7.20. The van der Waals surface area contributed by atoms with Crippen LogP contribution >= 0.6 is 34.8 Å². The first-order valence-corrected chi connectivity index (χ1v) is 12.3. The number of sulfonamides is 2. The molecular formula is C17H13Cl3N4O5S2. The van der Waals surface area contributed by atoms with Crippen molar-refractivity contribution in [2.24, 2.45) is 0 Å². The minimum absolute atomic E-state index is 0.00545. The second-order valence-corrected chi connectivity index (χ2v) is 10.4. The molecule has 3 rings (SSSR count). The Kier molecular flexibility index (Phi) is 6.82. The van der Waals surface area contributed by atoms with Crippen LogP contribution in [0, 0.1) is 0 Å². The summed E-state index contributed by atoms with van der Waals surface area (Å²) in [7, 11) is -6.72. The van der Waals surface area contributed by atoms with E-state index in [4.69, 9.17) is 39.5 Å². The van der Waals surface area contributed by atoms with Crippen molar-refractivity contribution in [2.75, 3.05) is 16.6 Å². The molecule has 2 N–H and O–H groups in total. The Bertz CT molecular complexity index is 1330. The van der Waals surface area contributed by atoms with Gasteiger partial charge in [-0.05, 0) is 36.4 Å². The van der Waals surface area contributed by atoms with E-state index in [0.29, 0.717) is 0 Å². The summed E-state index contributed by atoms with van der Waals surface area (Å²) in [6, 6.07) is 8.62. The van der Waals surface area contributed by atoms with Gasteiger partial charge in [-0.2, -0.15) is 0 Å². The Morgan fingerprint density at radius 1 is 0.806 bits per heavy atom. The minimum Gasteiger partial charge on any atom is -0.481 e. The van der Waals surface area contributed by atoms with Crippen LogP contribution in [0.2, 0.25) is 15.1 Å². The Labute approximate surface area is 193 Å². The van der Waals surface area contributed by atoms with Crippen molar-refractivity contribution >= 4 is 66.4 Å². The van der Waals surface area contributed by atoms with Gasteiger partial charge in [0.25, 0.3) is 20.0 Å². The normalized spacial score (nSPS) is 11.7. The third kappa shape index (κ3) is 5.49. The number of halogens is 3. The van der Waals surface area contributed by atoms with E-state index < -0.39 is 20.0 Å². The van der Waals surface area contributed by atoms with Gasteiger partial charge in [0.05, 0.1) is 27.1 Å². The van der Waals surface area contributed by atoms with Gasteiger partial charge in [0.15, 0.2) is 0 Å². The molecule has 14 heteroatoms. The number of rotatable bonds is 7. The summed E-state index contributed by atoms with van der Waals surface area (Å²) in [5, 5.41) is -0.000121. The van der Waals surface area contributed by atoms with Crippen LogP contribution in [0.1, 0.15) is 0 Å². The molecule has 9 nitrogen and oxygen atoms in total. The smallest absolute Gasteiger partial charge is 0.263 e. The van der Waals surface area contributed by atoms with E-state index >= 15 is 0 Å². The van der Waals surface area contributed by atoms with Gasteiger partial charge in [0, 0.05) is 11.8 Å². The number of nitrogens with one attached hydrogen (secondary N) is 2. The molecule has 0 atom stereocenters. The van der Waals surface area contributed by atoms with Crippen LogP contribution < -0.4 is 14.2 Å². The molecule has 0 aliphatic rings. The fraction of sp³-hybridized carbons (Fsp3) is 0.0588. The second kappa shape index (κ2) is 9.05. The summed E-state index contributed by atoms with van der Waals surface area (Å²) in [5.74, 6) is 0.185. The van der Waals surface area contributed by atoms with Crippen LogP contribution in [0.25, 0.3) is 0 Å². The third-order valence-electron chi connectivity index (χ3n) is 3.77. The molecule has 0 spiro atoms. The van der Waals surface area contributed by atoms with E-state index in [1.54, 1.807) is 0 Å². The van der Waals surface area contributed by atoms with Crippen molar-refractivity contribution in [1.82, 2.24) is 9.97 Å². The molecule has 2 aromatic carbocycles. The minimum atomic E-state index is -4.11. The fourth-order valence-corrected chi connectivity index (χ4v) is 5.39. The lowest BCUT2D eigenvalue weighted by molar-refractivity contribution is 0.397. The number of hydrogen-bond donors (Lipinski definition) is 2. The Morgan fingerprint density at radius 2 is 1.45 bits per heavy atom. The molecule has 0 bridgehead atoms. The first-order chi connectivity index (χ1) is 14.5. The lowest BCUT2D eigenvalue weighted by Gasteiger charge is -2.12. The molecule has 0 aliphatic heterocycles. The first-order valence-electron chi connectivity index (χ1n) is 8.18. The molecule has 3 aromatic rings. The van der Waals surface area contributed by atoms with Gasteiger partial charge < -0.3 is 4.74 Å². The SMILES string of the molecule is COc1cc(NS(=O)(=O)c2ccc(NS(=O)(=O)c3cc(Cl)c(Cl)cc3Cl)cc2)ncn1. The molecule has 31 heavy (non-hydrogen) atoms. The van der Waals surface area contributed by atoms with Crippen molar-refractivity contribution in [1.29, 1.82) is 0 Å². The number of hydrogen-bond acceptors (Lipinski definition) is 7. The van der Waals surface area contributed by atoms with Crippen molar-refractivity contribution in [3.05, 3.63) is 63.9 Å². The summed E-state index contributed by atoms with van der Waals surface area (Å²) in [6.07, 6.45) is 1.14. The Hall–Kier alpha value is -2.31. The number of anilines is 2. The van der Waals surface area contributed by atoms with Gasteiger partial charge in [0.1, 0.15) is 17.0 Å². The highest BCUT2D eigenvalue weighted by Crippen LogP contribution is 2.32. The van der Waals surface area contributed by atoms with Crippen LogP contribution in [-0.4, -0.2) is 33.9 Å². The lowest BCUT2D eigenvalue weighted by Crippen LogP contribution is -2.15. The predicted molar refractivity (Wildman–Crippen MR) is 118 cm³/mol. The molecular weight excluding hydrogens is 511 g/mol. The van der Waals surface area contributed by atoms with Crippen LogP contribution in [0.5, 0.6) is 5.88 Å². The highest BCUT2D eigenvalue weighted by atomic mass is 35.5. The highest BCUT2D eigenvalue weighted by molar-refractivity contribution is 7.93. The van der Waals surface area contributed by atoms with Crippen LogP contribution in [0.3, 0.4) is 0 Å². The quantitative estimate of drug-likeness (QED) is 0.447. The topological polar surface area (TPSA) is 127 Å². The average molecular weight is 524 g/mol. The summed E-state index contributed by atoms with van der Waals surface area (Å²) in [5.41, 5.74) is 0.102. The molecule has 0 unspecified atom stereocenters. The Morgan fingerprint density at radius 3 is 2.10 bits per heavy atom. The molecule has 0 amide bonds. The molecule has 1 heterocycles. The van der Waals surface area contributed by atoms with E-state index in [-0.39, 0.29) is 42.2 Å². The zero-order chi connectivity index (χ0) is 22.8. The maximum absolute atomic E-state index is 12.6. The van der Waals surface area contributed by atoms with Gasteiger partial charge in [-0.3, -0.25) is 9.44 Å². The largest absolute Gasteiger partial charge is 0.481 e. The van der Waals surface area contributed by atoms with Crippen molar-refractivity contribution in [3.63, 3.8) is 0 Å². The van der Waals surface area contributed by atoms with Gasteiger partial charge in [0.2, 0.25) is 5.88 Å². The Balaban J connectivity index is 1.81. The van der Waals surface area contributed by atoms with E-state index in [1.807, 2.05) is 0 Å². The van der Waals surface area contributed by atoms with Crippen molar-refractivity contribution < 1.29 is 21.6 Å². The molecule has 0 aliphatic carbocycles.